The molecule has 0 unspecified atom stereocenters. The van der Waals surface area contributed by atoms with Crippen LogP contribution in [0.3, 0.4) is 0 Å². The van der Waals surface area contributed by atoms with Gasteiger partial charge in [-0.3, -0.25) is 4.79 Å². The van der Waals surface area contributed by atoms with E-state index < -0.39 is 11.9 Å². The number of nitrogens with zero attached hydrogens (tertiary/aromatic N) is 1. The summed E-state index contributed by atoms with van der Waals surface area (Å²) in [6.07, 6.45) is 2.21. The van der Waals surface area contributed by atoms with Gasteiger partial charge in [-0.2, -0.15) is 0 Å². The summed E-state index contributed by atoms with van der Waals surface area (Å²) < 4.78 is 4.81. The molecule has 0 aliphatic heterocycles. The third-order valence-electron chi connectivity index (χ3n) is 1.92. The highest BCUT2D eigenvalue weighted by Gasteiger charge is 2.12. The molecule has 0 bridgehead atoms. The maximum Gasteiger partial charge on any atom is 0.335 e. The van der Waals surface area contributed by atoms with E-state index in [1.807, 2.05) is 0 Å². The number of carbonyl (C=O) groups excluding carboxylic acids is 2. The van der Waals surface area contributed by atoms with Crippen molar-refractivity contribution >= 4 is 17.7 Å². The molecule has 1 aromatic heterocycles. The molecule has 0 fully saturated rings. The molecule has 18 heavy (non-hydrogen) atoms. The van der Waals surface area contributed by atoms with Crippen molar-refractivity contribution in [2.75, 3.05) is 18.9 Å². The minimum atomic E-state index is -0.664. The lowest BCUT2D eigenvalue weighted by Crippen LogP contribution is -2.27. The zero-order valence-corrected chi connectivity index (χ0v) is 9.55. The normalized spacial score (nSPS) is 9.61. The SMILES string of the molecule is C=CC(=O)Oc1cnc(N)c(C(=O)NCCO)c1. The number of rotatable bonds is 5. The summed E-state index contributed by atoms with van der Waals surface area (Å²) in [5.74, 6) is -1.08. The molecular formula is C11H13N3O4. The van der Waals surface area contributed by atoms with E-state index in [1.54, 1.807) is 0 Å². The topological polar surface area (TPSA) is 115 Å². The number of ether oxygens (including phenoxy) is 1. The number of nitrogen functional groups attached to an aromatic ring is 1. The number of hydrogen-bond acceptors (Lipinski definition) is 6. The number of carbonyl (C=O) groups is 2. The first-order valence-electron chi connectivity index (χ1n) is 5.07. The third kappa shape index (κ3) is 3.56. The molecule has 0 aliphatic carbocycles. The number of pyridine rings is 1. The second-order valence-electron chi connectivity index (χ2n) is 3.21. The van der Waals surface area contributed by atoms with Crippen molar-refractivity contribution in [3.05, 3.63) is 30.5 Å². The van der Waals surface area contributed by atoms with Gasteiger partial charge in [0.05, 0.1) is 18.4 Å². The fourth-order valence-electron chi connectivity index (χ4n) is 1.12. The highest BCUT2D eigenvalue weighted by molar-refractivity contribution is 5.98. The van der Waals surface area contributed by atoms with E-state index in [2.05, 4.69) is 16.9 Å². The summed E-state index contributed by atoms with van der Waals surface area (Å²) in [4.78, 5) is 26.4. The molecule has 0 saturated carbocycles. The van der Waals surface area contributed by atoms with Crippen molar-refractivity contribution < 1.29 is 19.4 Å². The van der Waals surface area contributed by atoms with Crippen LogP contribution in [-0.4, -0.2) is 35.1 Å². The van der Waals surface area contributed by atoms with Gasteiger partial charge in [0.25, 0.3) is 5.91 Å². The van der Waals surface area contributed by atoms with Gasteiger partial charge in [-0.25, -0.2) is 9.78 Å². The average Bonchev–Trinajstić information content (AvgIpc) is 2.38. The summed E-state index contributed by atoms with van der Waals surface area (Å²) in [6.45, 7) is 3.15. The average molecular weight is 251 g/mol. The van der Waals surface area contributed by atoms with Crippen LogP contribution in [0.15, 0.2) is 24.9 Å². The van der Waals surface area contributed by atoms with Crippen LogP contribution in [0.4, 0.5) is 5.82 Å². The summed E-state index contributed by atoms with van der Waals surface area (Å²) in [5.41, 5.74) is 5.60. The van der Waals surface area contributed by atoms with Crippen molar-refractivity contribution in [3.63, 3.8) is 0 Å². The van der Waals surface area contributed by atoms with E-state index in [4.69, 9.17) is 15.6 Å². The maximum atomic E-state index is 11.6. The summed E-state index contributed by atoms with van der Waals surface area (Å²) in [5, 5.41) is 11.0. The van der Waals surface area contributed by atoms with Crippen LogP contribution in [0.2, 0.25) is 0 Å². The van der Waals surface area contributed by atoms with Gasteiger partial charge in [0.1, 0.15) is 11.6 Å². The third-order valence-corrected chi connectivity index (χ3v) is 1.92. The summed E-state index contributed by atoms with van der Waals surface area (Å²) in [7, 11) is 0. The van der Waals surface area contributed by atoms with Crippen molar-refractivity contribution in [3.8, 4) is 5.75 Å². The zero-order chi connectivity index (χ0) is 13.5. The van der Waals surface area contributed by atoms with Gasteiger partial charge in [0.15, 0.2) is 0 Å². The lowest BCUT2D eigenvalue weighted by Gasteiger charge is -2.07. The fourth-order valence-corrected chi connectivity index (χ4v) is 1.12. The molecule has 7 nitrogen and oxygen atoms in total. The van der Waals surface area contributed by atoms with Gasteiger partial charge in [-0.1, -0.05) is 6.58 Å². The number of amides is 1. The van der Waals surface area contributed by atoms with Crippen LogP contribution in [0.1, 0.15) is 10.4 Å². The number of aliphatic hydroxyl groups excluding tert-OH is 1. The quantitative estimate of drug-likeness (QED) is 0.479. The molecule has 0 spiro atoms. The predicted molar refractivity (Wildman–Crippen MR) is 63.9 cm³/mol. The molecule has 0 atom stereocenters. The Morgan fingerprint density at radius 3 is 2.94 bits per heavy atom. The second kappa shape index (κ2) is 6.36. The van der Waals surface area contributed by atoms with Crippen LogP contribution in [0.25, 0.3) is 0 Å². The van der Waals surface area contributed by atoms with E-state index in [0.29, 0.717) is 0 Å². The van der Waals surface area contributed by atoms with Crippen molar-refractivity contribution in [2.24, 2.45) is 0 Å². The van der Waals surface area contributed by atoms with Crippen molar-refractivity contribution in [1.29, 1.82) is 0 Å². The number of anilines is 1. The Labute approximate surface area is 103 Å². The van der Waals surface area contributed by atoms with Crippen LogP contribution in [-0.2, 0) is 4.79 Å². The Hall–Kier alpha value is -2.41. The largest absolute Gasteiger partial charge is 0.422 e. The molecule has 96 valence electrons. The monoisotopic (exact) mass is 251 g/mol. The highest BCUT2D eigenvalue weighted by atomic mass is 16.5. The van der Waals surface area contributed by atoms with Crippen molar-refractivity contribution in [2.45, 2.75) is 0 Å². The fraction of sp³-hybridized carbons (Fsp3) is 0.182. The number of nitrogens with one attached hydrogen (secondary N) is 1. The molecule has 0 radical (unpaired) electrons. The van der Waals surface area contributed by atoms with Crippen molar-refractivity contribution in [1.82, 2.24) is 10.3 Å². The molecule has 0 aromatic carbocycles. The number of esters is 1. The van der Waals surface area contributed by atoms with Gasteiger partial charge in [-0.05, 0) is 6.07 Å². The number of aliphatic hydroxyl groups is 1. The number of aromatic nitrogens is 1. The molecule has 1 aromatic rings. The van der Waals surface area contributed by atoms with E-state index in [9.17, 15) is 9.59 Å². The summed E-state index contributed by atoms with van der Waals surface area (Å²) >= 11 is 0. The van der Waals surface area contributed by atoms with Crippen LogP contribution < -0.4 is 15.8 Å². The number of nitrogens with two attached hydrogens (primary N) is 1. The molecular weight excluding hydrogens is 238 g/mol. The molecule has 1 amide bonds. The van der Waals surface area contributed by atoms with Crippen LogP contribution in [0.5, 0.6) is 5.75 Å². The maximum absolute atomic E-state index is 11.6. The van der Waals surface area contributed by atoms with Crippen LogP contribution in [0, 0.1) is 0 Å². The van der Waals surface area contributed by atoms with Gasteiger partial charge in [0.2, 0.25) is 0 Å². The van der Waals surface area contributed by atoms with E-state index >= 15 is 0 Å². The molecule has 0 saturated heterocycles. The minimum Gasteiger partial charge on any atom is -0.422 e. The molecule has 4 N–H and O–H groups in total. The Bertz CT molecular complexity index is 473. The van der Waals surface area contributed by atoms with E-state index in [-0.39, 0.29) is 30.3 Å². The standard InChI is InChI=1S/C11H13N3O4/c1-2-9(16)18-7-5-8(10(12)14-6-7)11(17)13-3-4-15/h2,5-6,15H,1,3-4H2,(H2,12,14)(H,13,17). The van der Waals surface area contributed by atoms with E-state index in [1.165, 1.54) is 12.3 Å². The van der Waals surface area contributed by atoms with Crippen LogP contribution >= 0.6 is 0 Å². The minimum absolute atomic E-state index is 0.00356. The van der Waals surface area contributed by atoms with Gasteiger partial charge in [0, 0.05) is 12.6 Å². The Morgan fingerprint density at radius 1 is 1.61 bits per heavy atom. The van der Waals surface area contributed by atoms with Gasteiger partial charge >= 0.3 is 5.97 Å². The lowest BCUT2D eigenvalue weighted by molar-refractivity contribution is -0.128. The van der Waals surface area contributed by atoms with E-state index in [0.717, 1.165) is 6.08 Å². The second-order valence-corrected chi connectivity index (χ2v) is 3.21. The first kappa shape index (κ1) is 13.7. The first-order valence-corrected chi connectivity index (χ1v) is 5.07. The molecule has 1 heterocycles. The molecule has 1 rings (SSSR count). The Morgan fingerprint density at radius 2 is 2.33 bits per heavy atom. The highest BCUT2D eigenvalue weighted by Crippen LogP contribution is 2.17. The molecule has 0 aliphatic rings. The lowest BCUT2D eigenvalue weighted by atomic mass is 10.2. The van der Waals surface area contributed by atoms with Gasteiger partial charge in [-0.15, -0.1) is 0 Å². The Balaban J connectivity index is 2.90. The molecule has 7 heteroatoms. The van der Waals surface area contributed by atoms with Gasteiger partial charge < -0.3 is 20.9 Å². The Kier molecular flexibility index (Phi) is 4.82. The predicted octanol–water partition coefficient (Wildman–Crippen LogP) is -0.523. The summed E-state index contributed by atoms with van der Waals surface area (Å²) in [6, 6.07) is 1.29. The zero-order valence-electron chi connectivity index (χ0n) is 9.55. The number of hydrogen-bond donors (Lipinski definition) is 3. The first-order chi connectivity index (χ1) is 8.58. The smallest absolute Gasteiger partial charge is 0.335 e.